The number of ether oxygens (including phenoxy) is 1. The molecule has 4 heterocycles. The van der Waals surface area contributed by atoms with Gasteiger partial charge in [0.05, 0.1) is 17.6 Å². The standard InChI is InChI=1S/C29H35F4N7O2S/c1-27(2)17-19(5-4-14-34)18-39(27)25-20(26(41)38-43-24-7-3-6-21(30)35-24)8-9-22(36-25)40-15-10-23(37-40)42-16-13-28(11-12-28)29(31,32)33/h3,6-10,15,19H,4-5,11-14,16-18,34H2,1-2H3,(H,38,41). The lowest BCUT2D eigenvalue weighted by atomic mass is 9.93. The number of nitrogens with one attached hydrogen (secondary N) is 1. The lowest BCUT2D eigenvalue weighted by molar-refractivity contribution is -0.190. The Morgan fingerprint density at radius 1 is 1.19 bits per heavy atom. The average Bonchev–Trinajstić information content (AvgIpc) is 3.51. The Bertz CT molecular complexity index is 1440. The Morgan fingerprint density at radius 3 is 2.67 bits per heavy atom. The summed E-state index contributed by atoms with van der Waals surface area (Å²) in [6.07, 6.45) is 0.248. The summed E-state index contributed by atoms with van der Waals surface area (Å²) in [6, 6.07) is 9.18. The molecule has 0 radical (unpaired) electrons. The zero-order valence-electron chi connectivity index (χ0n) is 24.0. The molecule has 0 aromatic carbocycles. The van der Waals surface area contributed by atoms with Crippen molar-refractivity contribution in [3.8, 4) is 11.7 Å². The Morgan fingerprint density at radius 2 is 1.98 bits per heavy atom. The van der Waals surface area contributed by atoms with Crippen LogP contribution in [0.3, 0.4) is 0 Å². The van der Waals surface area contributed by atoms with Crippen LogP contribution in [-0.2, 0) is 0 Å². The Hall–Kier alpha value is -3.39. The van der Waals surface area contributed by atoms with Crippen LogP contribution in [0, 0.1) is 17.3 Å². The zero-order chi connectivity index (χ0) is 30.8. The van der Waals surface area contributed by atoms with Crippen molar-refractivity contribution in [2.24, 2.45) is 17.1 Å². The topological polar surface area (TPSA) is 111 Å². The van der Waals surface area contributed by atoms with E-state index in [-0.39, 0.29) is 37.3 Å². The molecule has 1 aliphatic heterocycles. The molecule has 0 spiro atoms. The predicted octanol–water partition coefficient (Wildman–Crippen LogP) is 5.69. The van der Waals surface area contributed by atoms with Crippen LogP contribution >= 0.6 is 11.9 Å². The molecule has 1 unspecified atom stereocenters. The van der Waals surface area contributed by atoms with E-state index in [4.69, 9.17) is 15.5 Å². The highest BCUT2D eigenvalue weighted by Gasteiger charge is 2.62. The summed E-state index contributed by atoms with van der Waals surface area (Å²) in [4.78, 5) is 24.2. The monoisotopic (exact) mass is 621 g/mol. The molecule has 2 aliphatic rings. The van der Waals surface area contributed by atoms with Crippen LogP contribution in [0.2, 0.25) is 0 Å². The number of carbonyl (C=O) groups excluding carboxylic acids is 1. The number of rotatable bonds is 12. The second-order valence-electron chi connectivity index (χ2n) is 11.8. The first kappa shape index (κ1) is 31.0. The van der Waals surface area contributed by atoms with E-state index in [0.717, 1.165) is 31.2 Å². The fourth-order valence-corrected chi connectivity index (χ4v) is 6.18. The second-order valence-corrected chi connectivity index (χ2v) is 12.6. The van der Waals surface area contributed by atoms with E-state index in [2.05, 4.69) is 33.6 Å². The van der Waals surface area contributed by atoms with Gasteiger partial charge in [-0.2, -0.15) is 17.6 Å². The number of hydrogen-bond acceptors (Lipinski definition) is 8. The van der Waals surface area contributed by atoms with E-state index in [9.17, 15) is 22.4 Å². The van der Waals surface area contributed by atoms with Crippen molar-refractivity contribution in [3.05, 3.63) is 54.1 Å². The lowest BCUT2D eigenvalue weighted by Crippen LogP contribution is -2.40. The molecule has 43 heavy (non-hydrogen) atoms. The van der Waals surface area contributed by atoms with E-state index in [1.165, 1.54) is 16.8 Å². The number of alkyl halides is 3. The largest absolute Gasteiger partial charge is 0.477 e. The minimum Gasteiger partial charge on any atom is -0.477 e. The molecule has 3 aromatic heterocycles. The number of carbonyl (C=O) groups is 1. The summed E-state index contributed by atoms with van der Waals surface area (Å²) in [5.41, 5.74) is 4.12. The molecule has 9 nitrogen and oxygen atoms in total. The highest BCUT2D eigenvalue weighted by atomic mass is 32.2. The van der Waals surface area contributed by atoms with Crippen molar-refractivity contribution < 1.29 is 27.1 Å². The maximum atomic E-state index is 13.5. The number of pyridine rings is 2. The van der Waals surface area contributed by atoms with Crippen molar-refractivity contribution in [2.75, 3.05) is 24.6 Å². The quantitative estimate of drug-likeness (QED) is 0.151. The number of nitrogens with two attached hydrogens (primary N) is 1. The van der Waals surface area contributed by atoms with Gasteiger partial charge in [-0.05, 0) is 89.1 Å². The Kier molecular flexibility index (Phi) is 8.89. The molecular formula is C29H35F4N7O2S. The molecule has 2 fully saturated rings. The van der Waals surface area contributed by atoms with Crippen LogP contribution in [-0.4, -0.2) is 57.1 Å². The number of hydrogen-bond donors (Lipinski definition) is 2. The number of halogens is 4. The van der Waals surface area contributed by atoms with Crippen LogP contribution in [0.5, 0.6) is 5.88 Å². The molecule has 3 aromatic rings. The summed E-state index contributed by atoms with van der Waals surface area (Å²) >= 11 is 0.904. The zero-order valence-corrected chi connectivity index (χ0v) is 24.8. The molecule has 1 saturated carbocycles. The van der Waals surface area contributed by atoms with E-state index in [0.29, 0.717) is 41.2 Å². The first-order valence-electron chi connectivity index (χ1n) is 14.2. The maximum Gasteiger partial charge on any atom is 0.394 e. The third-order valence-corrected chi connectivity index (χ3v) is 8.88. The molecule has 0 bridgehead atoms. The van der Waals surface area contributed by atoms with Gasteiger partial charge in [0.15, 0.2) is 5.82 Å². The fraction of sp³-hybridized carbons (Fsp3) is 0.517. The van der Waals surface area contributed by atoms with Crippen molar-refractivity contribution in [2.45, 2.75) is 69.1 Å². The number of amides is 1. The minimum atomic E-state index is -4.23. The van der Waals surface area contributed by atoms with Gasteiger partial charge in [-0.1, -0.05) is 6.07 Å². The summed E-state index contributed by atoms with van der Waals surface area (Å²) in [5.74, 6) is 0.350. The summed E-state index contributed by atoms with van der Waals surface area (Å²) < 4.78 is 63.1. The van der Waals surface area contributed by atoms with E-state index in [1.807, 2.05) is 0 Å². The molecule has 14 heteroatoms. The van der Waals surface area contributed by atoms with Crippen LogP contribution in [0.1, 0.15) is 62.7 Å². The molecule has 1 saturated heterocycles. The van der Waals surface area contributed by atoms with Crippen LogP contribution in [0.15, 0.2) is 47.6 Å². The summed E-state index contributed by atoms with van der Waals surface area (Å²) in [6.45, 7) is 5.38. The Labute approximate surface area is 251 Å². The Balaban J connectivity index is 1.37. The average molecular weight is 622 g/mol. The van der Waals surface area contributed by atoms with E-state index >= 15 is 0 Å². The van der Waals surface area contributed by atoms with Gasteiger partial charge in [-0.15, -0.1) is 5.10 Å². The van der Waals surface area contributed by atoms with Gasteiger partial charge < -0.3 is 15.4 Å². The third kappa shape index (κ3) is 7.06. The second kappa shape index (κ2) is 12.3. The van der Waals surface area contributed by atoms with Gasteiger partial charge in [0.25, 0.3) is 5.91 Å². The minimum absolute atomic E-state index is 0.0989. The highest BCUT2D eigenvalue weighted by molar-refractivity contribution is 7.97. The lowest BCUT2D eigenvalue weighted by Gasteiger charge is -2.34. The SMILES string of the molecule is CC1(C)CC(CCCN)CN1c1nc(-n2ccc(OCCC3(C(F)(F)F)CC3)n2)ccc1C(=O)NSc1cccc(F)n1. The van der Waals surface area contributed by atoms with Crippen molar-refractivity contribution >= 4 is 23.7 Å². The molecular weight excluding hydrogens is 586 g/mol. The molecule has 232 valence electrons. The molecule has 1 aliphatic carbocycles. The number of aromatic nitrogens is 4. The highest BCUT2D eigenvalue weighted by Crippen LogP contribution is 2.59. The van der Waals surface area contributed by atoms with Gasteiger partial charge in [-0.3, -0.25) is 9.52 Å². The van der Waals surface area contributed by atoms with Crippen molar-refractivity contribution in [3.63, 3.8) is 0 Å². The molecule has 3 N–H and O–H groups in total. The predicted molar refractivity (Wildman–Crippen MR) is 155 cm³/mol. The third-order valence-electron chi connectivity index (χ3n) is 8.16. The maximum absolute atomic E-state index is 13.5. The van der Waals surface area contributed by atoms with E-state index < -0.39 is 23.4 Å². The molecule has 5 rings (SSSR count). The van der Waals surface area contributed by atoms with Crippen LogP contribution in [0.25, 0.3) is 5.82 Å². The van der Waals surface area contributed by atoms with Crippen LogP contribution < -0.4 is 20.1 Å². The van der Waals surface area contributed by atoms with Gasteiger partial charge in [-0.25, -0.2) is 14.6 Å². The van der Waals surface area contributed by atoms with Gasteiger partial charge in [0.1, 0.15) is 10.8 Å². The fourth-order valence-electron chi connectivity index (χ4n) is 5.60. The smallest absolute Gasteiger partial charge is 0.394 e. The van der Waals surface area contributed by atoms with Gasteiger partial charge >= 0.3 is 6.18 Å². The van der Waals surface area contributed by atoms with Crippen molar-refractivity contribution in [1.29, 1.82) is 0 Å². The van der Waals surface area contributed by atoms with Gasteiger partial charge in [0.2, 0.25) is 11.8 Å². The van der Waals surface area contributed by atoms with Gasteiger partial charge in [0, 0.05) is 36.3 Å². The summed E-state index contributed by atoms with van der Waals surface area (Å²) in [5, 5.41) is 4.67. The summed E-state index contributed by atoms with van der Waals surface area (Å²) in [7, 11) is 0. The molecule has 1 amide bonds. The number of nitrogens with zero attached hydrogens (tertiary/aromatic N) is 5. The first-order chi connectivity index (χ1) is 20.4. The van der Waals surface area contributed by atoms with Crippen LogP contribution in [0.4, 0.5) is 23.4 Å². The molecule has 1 atom stereocenters. The van der Waals surface area contributed by atoms with Crippen molar-refractivity contribution in [1.82, 2.24) is 24.5 Å². The first-order valence-corrected chi connectivity index (χ1v) is 15.1. The number of anilines is 1. The van der Waals surface area contributed by atoms with E-state index in [1.54, 1.807) is 30.5 Å². The normalized spacial score (nSPS) is 19.0.